The Labute approximate surface area is 127 Å². The smallest absolute Gasteiger partial charge is 0.225 e. The zero-order chi connectivity index (χ0) is 15.0. The molecule has 2 aromatic rings. The summed E-state index contributed by atoms with van der Waals surface area (Å²) in [5.41, 5.74) is 0. The lowest BCUT2D eigenvalue weighted by Crippen LogP contribution is -2.35. The molecule has 0 bridgehead atoms. The largest absolute Gasteiger partial charge is 0.366 e. The van der Waals surface area contributed by atoms with E-state index in [0.29, 0.717) is 18.1 Å². The van der Waals surface area contributed by atoms with Crippen LogP contribution in [0.4, 0.5) is 11.8 Å². The molecule has 8 heteroatoms. The molecule has 3 heterocycles. The topological polar surface area (TPSA) is 84.0 Å². The van der Waals surface area contributed by atoms with E-state index >= 15 is 0 Å². The van der Waals surface area contributed by atoms with Crippen molar-refractivity contribution in [3.8, 4) is 0 Å². The monoisotopic (exact) mass is 326 g/mol. The normalized spacial score (nSPS) is 21.3. The van der Waals surface area contributed by atoms with Gasteiger partial charge < -0.3 is 10.6 Å². The molecule has 0 radical (unpaired) electrons. The van der Waals surface area contributed by atoms with Crippen LogP contribution in [0.2, 0.25) is 0 Å². The standard InChI is InChI=1S/C13H18N4O2S2/c1-8-6-10-11(16-13(14-2)17-12(10)20-8)15-9-4-3-5-21(18,19)7-9/h6,9H,3-5,7H2,1-2H3,(H2,14,15,16,17). The summed E-state index contributed by atoms with van der Waals surface area (Å²) in [5, 5.41) is 7.21. The fourth-order valence-electron chi connectivity index (χ4n) is 2.59. The molecule has 21 heavy (non-hydrogen) atoms. The first-order chi connectivity index (χ1) is 9.97. The Kier molecular flexibility index (Phi) is 3.75. The lowest BCUT2D eigenvalue weighted by Gasteiger charge is -2.23. The summed E-state index contributed by atoms with van der Waals surface area (Å²) in [6.45, 7) is 2.03. The molecule has 114 valence electrons. The maximum atomic E-state index is 11.8. The Balaban J connectivity index is 1.95. The maximum absolute atomic E-state index is 11.8. The number of hydrogen-bond donors (Lipinski definition) is 2. The average molecular weight is 326 g/mol. The van der Waals surface area contributed by atoms with Gasteiger partial charge in [-0.2, -0.15) is 4.98 Å². The van der Waals surface area contributed by atoms with Gasteiger partial charge in [-0.3, -0.25) is 0 Å². The third-order valence-electron chi connectivity index (χ3n) is 3.54. The molecule has 0 saturated carbocycles. The zero-order valence-corrected chi connectivity index (χ0v) is 13.6. The number of rotatable bonds is 3. The minimum Gasteiger partial charge on any atom is -0.366 e. The van der Waals surface area contributed by atoms with E-state index < -0.39 is 9.84 Å². The molecule has 0 amide bonds. The summed E-state index contributed by atoms with van der Waals surface area (Å²) in [7, 11) is -1.16. The van der Waals surface area contributed by atoms with E-state index in [0.717, 1.165) is 27.3 Å². The first-order valence-corrected chi connectivity index (χ1v) is 9.53. The molecule has 0 aromatic carbocycles. The molecule has 1 unspecified atom stereocenters. The van der Waals surface area contributed by atoms with E-state index in [2.05, 4.69) is 20.6 Å². The van der Waals surface area contributed by atoms with Gasteiger partial charge in [0.2, 0.25) is 5.95 Å². The molecule has 2 aromatic heterocycles. The molecule has 1 aliphatic heterocycles. The predicted molar refractivity (Wildman–Crippen MR) is 87.0 cm³/mol. The van der Waals surface area contributed by atoms with Gasteiger partial charge >= 0.3 is 0 Å². The van der Waals surface area contributed by atoms with Crippen LogP contribution in [-0.2, 0) is 9.84 Å². The number of aryl methyl sites for hydroxylation is 1. The van der Waals surface area contributed by atoms with Crippen molar-refractivity contribution in [3.05, 3.63) is 10.9 Å². The second kappa shape index (κ2) is 5.42. The highest BCUT2D eigenvalue weighted by Gasteiger charge is 2.25. The fourth-order valence-corrected chi connectivity index (χ4v) is 5.11. The molecular weight excluding hydrogens is 308 g/mol. The first-order valence-electron chi connectivity index (χ1n) is 6.90. The summed E-state index contributed by atoms with van der Waals surface area (Å²) >= 11 is 1.61. The Hall–Kier alpha value is -1.41. The van der Waals surface area contributed by atoms with Crippen LogP contribution in [0, 0.1) is 6.92 Å². The second-order valence-corrected chi connectivity index (χ2v) is 8.78. The van der Waals surface area contributed by atoms with Gasteiger partial charge in [0.1, 0.15) is 10.6 Å². The number of aromatic nitrogens is 2. The minimum atomic E-state index is -2.93. The summed E-state index contributed by atoms with van der Waals surface area (Å²) in [4.78, 5) is 11.0. The van der Waals surface area contributed by atoms with Gasteiger partial charge in [0, 0.05) is 18.0 Å². The van der Waals surface area contributed by atoms with E-state index in [1.807, 2.05) is 13.0 Å². The van der Waals surface area contributed by atoms with Crippen LogP contribution < -0.4 is 10.6 Å². The number of fused-ring (bicyclic) bond motifs is 1. The molecule has 6 nitrogen and oxygen atoms in total. The van der Waals surface area contributed by atoms with Crippen molar-refractivity contribution in [2.24, 2.45) is 0 Å². The van der Waals surface area contributed by atoms with E-state index in [1.54, 1.807) is 18.4 Å². The minimum absolute atomic E-state index is 0.0771. The molecule has 2 N–H and O–H groups in total. The van der Waals surface area contributed by atoms with Crippen LogP contribution >= 0.6 is 11.3 Å². The fraction of sp³-hybridized carbons (Fsp3) is 0.538. The highest BCUT2D eigenvalue weighted by Crippen LogP contribution is 2.30. The molecule has 1 aliphatic rings. The highest BCUT2D eigenvalue weighted by molar-refractivity contribution is 7.91. The van der Waals surface area contributed by atoms with Crippen LogP contribution in [0.5, 0.6) is 0 Å². The Morgan fingerprint density at radius 2 is 2.19 bits per heavy atom. The van der Waals surface area contributed by atoms with E-state index in [4.69, 9.17) is 0 Å². The number of nitrogens with one attached hydrogen (secondary N) is 2. The number of anilines is 2. The van der Waals surface area contributed by atoms with Gasteiger partial charge in [-0.25, -0.2) is 13.4 Å². The summed E-state index contributed by atoms with van der Waals surface area (Å²) in [5.74, 6) is 1.74. The maximum Gasteiger partial charge on any atom is 0.225 e. The van der Waals surface area contributed by atoms with Crippen molar-refractivity contribution in [1.29, 1.82) is 0 Å². The number of thiophene rings is 1. The molecule has 1 saturated heterocycles. The van der Waals surface area contributed by atoms with Crippen molar-refractivity contribution < 1.29 is 8.42 Å². The molecule has 0 spiro atoms. The van der Waals surface area contributed by atoms with Crippen molar-refractivity contribution >= 4 is 43.2 Å². The van der Waals surface area contributed by atoms with E-state index in [-0.39, 0.29) is 11.8 Å². The van der Waals surface area contributed by atoms with Crippen molar-refractivity contribution in [2.75, 3.05) is 29.2 Å². The highest BCUT2D eigenvalue weighted by atomic mass is 32.2. The lowest BCUT2D eigenvalue weighted by atomic mass is 10.2. The Bertz CT molecular complexity index is 770. The van der Waals surface area contributed by atoms with Crippen LogP contribution in [-0.4, -0.2) is 43.0 Å². The number of sulfone groups is 1. The lowest BCUT2D eigenvalue weighted by molar-refractivity contribution is 0.561. The van der Waals surface area contributed by atoms with Crippen molar-refractivity contribution in [1.82, 2.24) is 9.97 Å². The molecule has 1 atom stereocenters. The average Bonchev–Trinajstić information content (AvgIpc) is 2.78. The van der Waals surface area contributed by atoms with Crippen molar-refractivity contribution in [2.45, 2.75) is 25.8 Å². The third kappa shape index (κ3) is 3.11. The van der Waals surface area contributed by atoms with Gasteiger partial charge in [0.25, 0.3) is 0 Å². The SMILES string of the molecule is CNc1nc(NC2CCCS(=O)(=O)C2)c2cc(C)sc2n1. The van der Waals surface area contributed by atoms with Crippen LogP contribution in [0.25, 0.3) is 10.2 Å². The number of nitrogens with zero attached hydrogens (tertiary/aromatic N) is 2. The van der Waals surface area contributed by atoms with E-state index in [1.165, 1.54) is 0 Å². The Morgan fingerprint density at radius 3 is 2.90 bits per heavy atom. The molecule has 1 fully saturated rings. The van der Waals surface area contributed by atoms with Gasteiger partial charge in [0.15, 0.2) is 9.84 Å². The van der Waals surface area contributed by atoms with Gasteiger partial charge in [-0.15, -0.1) is 11.3 Å². The van der Waals surface area contributed by atoms with Gasteiger partial charge in [-0.1, -0.05) is 0 Å². The van der Waals surface area contributed by atoms with Crippen LogP contribution in [0.1, 0.15) is 17.7 Å². The number of hydrogen-bond acceptors (Lipinski definition) is 7. The van der Waals surface area contributed by atoms with Gasteiger partial charge in [0.05, 0.1) is 16.9 Å². The van der Waals surface area contributed by atoms with E-state index in [9.17, 15) is 8.42 Å². The summed E-state index contributed by atoms with van der Waals surface area (Å²) in [6, 6.07) is 1.96. The van der Waals surface area contributed by atoms with Gasteiger partial charge in [-0.05, 0) is 25.8 Å². The van der Waals surface area contributed by atoms with Crippen LogP contribution in [0.15, 0.2) is 6.07 Å². The summed E-state index contributed by atoms with van der Waals surface area (Å²) < 4.78 is 23.5. The molecule has 3 rings (SSSR count). The molecular formula is C13H18N4O2S2. The van der Waals surface area contributed by atoms with Crippen molar-refractivity contribution in [3.63, 3.8) is 0 Å². The first kappa shape index (κ1) is 14.5. The third-order valence-corrected chi connectivity index (χ3v) is 6.31. The molecule has 0 aliphatic carbocycles. The summed E-state index contributed by atoms with van der Waals surface area (Å²) in [6.07, 6.45) is 1.55. The zero-order valence-electron chi connectivity index (χ0n) is 12.0. The Morgan fingerprint density at radius 1 is 1.38 bits per heavy atom. The predicted octanol–water partition coefficient (Wildman–Crippen LogP) is 2.03. The van der Waals surface area contributed by atoms with Crippen LogP contribution in [0.3, 0.4) is 0 Å². The second-order valence-electron chi connectivity index (χ2n) is 5.32. The quantitative estimate of drug-likeness (QED) is 0.898.